The molecule has 0 N–H and O–H groups in total. The van der Waals surface area contributed by atoms with E-state index in [1.807, 2.05) is 48.6 Å². The molecule has 0 bridgehead atoms. The highest BCUT2D eigenvalue weighted by molar-refractivity contribution is 5.84. The number of aromatic nitrogens is 1. The molecule has 2 nitrogen and oxygen atoms in total. The van der Waals surface area contributed by atoms with Crippen LogP contribution in [0.25, 0.3) is 22.7 Å². The fraction of sp³-hybridized carbons (Fsp3) is 0.0870. The maximum atomic E-state index is 4.88. The van der Waals surface area contributed by atoms with E-state index < -0.39 is 0 Å². The van der Waals surface area contributed by atoms with Crippen LogP contribution in [0.2, 0.25) is 0 Å². The minimum atomic E-state index is 0.735. The Bertz CT molecular complexity index is 884. The molecule has 2 heteroatoms. The maximum Gasteiger partial charge on any atom is 0.0871 e. The minimum Gasteiger partial charge on any atom is -0.362 e. The number of hydrogen-bond acceptors (Lipinski definition) is 2. The molecule has 0 spiro atoms. The van der Waals surface area contributed by atoms with E-state index in [-0.39, 0.29) is 0 Å². The molecule has 0 aliphatic rings. The summed E-state index contributed by atoms with van der Waals surface area (Å²) in [4.78, 5) is 7.10. The molecule has 0 fully saturated rings. The van der Waals surface area contributed by atoms with Crippen LogP contribution in [0.1, 0.15) is 11.3 Å². The monoisotopic (exact) mass is 326 g/mol. The second kappa shape index (κ2) is 8.11. The minimum absolute atomic E-state index is 0.735. The standard InChI is InChI=1S/C23H22N2/c1-3-16-25(17-4-2)23(18-19-10-6-5-7-11-19)22-15-14-20-12-8-9-13-21(20)24-22/h3-15,18H,1-2,16-17H2. The van der Waals surface area contributed by atoms with Gasteiger partial charge in [0.2, 0.25) is 0 Å². The van der Waals surface area contributed by atoms with E-state index in [1.165, 1.54) is 0 Å². The summed E-state index contributed by atoms with van der Waals surface area (Å²) in [5.41, 5.74) is 4.16. The number of nitrogens with zero attached hydrogens (tertiary/aromatic N) is 2. The van der Waals surface area contributed by atoms with Gasteiger partial charge in [-0.1, -0.05) is 66.7 Å². The van der Waals surface area contributed by atoms with Gasteiger partial charge in [-0.2, -0.15) is 0 Å². The summed E-state index contributed by atoms with van der Waals surface area (Å²) in [6.07, 6.45) is 5.98. The van der Waals surface area contributed by atoms with Crippen LogP contribution in [0.5, 0.6) is 0 Å². The molecule has 0 aliphatic heterocycles. The normalized spacial score (nSPS) is 11.3. The first kappa shape index (κ1) is 16.7. The van der Waals surface area contributed by atoms with Crippen molar-refractivity contribution in [1.29, 1.82) is 0 Å². The van der Waals surface area contributed by atoms with Crippen molar-refractivity contribution >= 4 is 22.7 Å². The fourth-order valence-electron chi connectivity index (χ4n) is 2.83. The fourth-order valence-corrected chi connectivity index (χ4v) is 2.83. The van der Waals surface area contributed by atoms with Crippen LogP contribution in [0, 0.1) is 0 Å². The molecule has 124 valence electrons. The zero-order valence-electron chi connectivity index (χ0n) is 14.3. The predicted octanol–water partition coefficient (Wildman–Crippen LogP) is 5.41. The first-order valence-corrected chi connectivity index (χ1v) is 8.41. The molecule has 0 radical (unpaired) electrons. The van der Waals surface area contributed by atoms with E-state index in [4.69, 9.17) is 4.98 Å². The molecular weight excluding hydrogens is 304 g/mol. The van der Waals surface area contributed by atoms with Gasteiger partial charge in [0.1, 0.15) is 0 Å². The lowest BCUT2D eigenvalue weighted by Gasteiger charge is -2.25. The highest BCUT2D eigenvalue weighted by Gasteiger charge is 2.12. The molecule has 0 unspecified atom stereocenters. The number of para-hydroxylation sites is 1. The summed E-state index contributed by atoms with van der Waals surface area (Å²) >= 11 is 0. The maximum absolute atomic E-state index is 4.88. The van der Waals surface area contributed by atoms with Gasteiger partial charge in [-0.15, -0.1) is 13.2 Å². The Balaban J connectivity index is 2.12. The number of hydrogen-bond donors (Lipinski definition) is 0. The van der Waals surface area contributed by atoms with Gasteiger partial charge in [0.05, 0.1) is 16.9 Å². The average molecular weight is 326 g/mol. The average Bonchev–Trinajstić information content (AvgIpc) is 2.66. The molecule has 0 atom stereocenters. The number of rotatable bonds is 7. The third-order valence-electron chi connectivity index (χ3n) is 4.00. The van der Waals surface area contributed by atoms with Gasteiger partial charge < -0.3 is 4.90 Å². The van der Waals surface area contributed by atoms with Crippen molar-refractivity contribution in [2.45, 2.75) is 0 Å². The van der Waals surface area contributed by atoms with E-state index >= 15 is 0 Å². The molecule has 1 aromatic heterocycles. The molecule has 0 saturated heterocycles. The van der Waals surface area contributed by atoms with Crippen molar-refractivity contribution in [3.63, 3.8) is 0 Å². The lowest BCUT2D eigenvalue weighted by atomic mass is 10.1. The first-order chi connectivity index (χ1) is 12.3. The van der Waals surface area contributed by atoms with Crippen LogP contribution in [0.15, 0.2) is 92.0 Å². The Morgan fingerprint density at radius 3 is 2.24 bits per heavy atom. The van der Waals surface area contributed by atoms with Crippen molar-refractivity contribution in [2.75, 3.05) is 13.1 Å². The van der Waals surface area contributed by atoms with Crippen molar-refractivity contribution in [3.05, 3.63) is 103 Å². The summed E-state index contributed by atoms with van der Waals surface area (Å²) in [7, 11) is 0. The third-order valence-corrected chi connectivity index (χ3v) is 4.00. The Morgan fingerprint density at radius 1 is 0.840 bits per heavy atom. The van der Waals surface area contributed by atoms with Gasteiger partial charge in [0.15, 0.2) is 0 Å². The largest absolute Gasteiger partial charge is 0.362 e. The van der Waals surface area contributed by atoms with Gasteiger partial charge in [0.25, 0.3) is 0 Å². The van der Waals surface area contributed by atoms with Gasteiger partial charge >= 0.3 is 0 Å². The summed E-state index contributed by atoms with van der Waals surface area (Å²) in [5, 5.41) is 1.14. The quantitative estimate of drug-likeness (QED) is 0.540. The lowest BCUT2D eigenvalue weighted by molar-refractivity contribution is 0.488. The van der Waals surface area contributed by atoms with E-state index in [0.717, 1.165) is 40.9 Å². The first-order valence-electron chi connectivity index (χ1n) is 8.41. The van der Waals surface area contributed by atoms with E-state index in [1.54, 1.807) is 0 Å². The SMILES string of the molecule is C=CCN(CC=C)C(=Cc1ccccc1)c1ccc2ccccc2n1. The van der Waals surface area contributed by atoms with E-state index in [9.17, 15) is 0 Å². The molecule has 3 rings (SSSR count). The number of benzene rings is 2. The molecule has 2 aromatic carbocycles. The summed E-state index contributed by atoms with van der Waals surface area (Å²) in [6.45, 7) is 9.25. The summed E-state index contributed by atoms with van der Waals surface area (Å²) in [5.74, 6) is 0. The van der Waals surface area contributed by atoms with Gasteiger partial charge in [-0.3, -0.25) is 0 Å². The zero-order chi connectivity index (χ0) is 17.5. The molecule has 0 saturated carbocycles. The van der Waals surface area contributed by atoms with Crippen molar-refractivity contribution in [3.8, 4) is 0 Å². The Kier molecular flexibility index (Phi) is 5.43. The van der Waals surface area contributed by atoms with Crippen LogP contribution in [0.4, 0.5) is 0 Å². The number of pyridine rings is 1. The second-order valence-electron chi connectivity index (χ2n) is 5.81. The molecule has 25 heavy (non-hydrogen) atoms. The van der Waals surface area contributed by atoms with Crippen LogP contribution in [0.3, 0.4) is 0 Å². The van der Waals surface area contributed by atoms with Crippen molar-refractivity contribution in [2.24, 2.45) is 0 Å². The second-order valence-corrected chi connectivity index (χ2v) is 5.81. The van der Waals surface area contributed by atoms with Crippen LogP contribution >= 0.6 is 0 Å². The smallest absolute Gasteiger partial charge is 0.0871 e. The zero-order valence-corrected chi connectivity index (χ0v) is 14.3. The summed E-state index contributed by atoms with van der Waals surface area (Å²) in [6, 6.07) is 22.7. The Hall–Kier alpha value is -3.13. The van der Waals surface area contributed by atoms with Gasteiger partial charge in [-0.25, -0.2) is 4.98 Å². The predicted molar refractivity (Wildman–Crippen MR) is 108 cm³/mol. The Labute approximate surface area is 149 Å². The number of fused-ring (bicyclic) bond motifs is 1. The molecule has 1 heterocycles. The van der Waals surface area contributed by atoms with E-state index in [0.29, 0.717) is 0 Å². The molecule has 0 aliphatic carbocycles. The highest BCUT2D eigenvalue weighted by Crippen LogP contribution is 2.23. The molecular formula is C23H22N2. The molecule has 0 amide bonds. The topological polar surface area (TPSA) is 16.1 Å². The highest BCUT2D eigenvalue weighted by atomic mass is 15.1. The van der Waals surface area contributed by atoms with Crippen molar-refractivity contribution < 1.29 is 0 Å². The molecule has 3 aromatic rings. The lowest BCUT2D eigenvalue weighted by Crippen LogP contribution is -2.22. The van der Waals surface area contributed by atoms with Crippen molar-refractivity contribution in [1.82, 2.24) is 9.88 Å². The third kappa shape index (κ3) is 4.04. The van der Waals surface area contributed by atoms with Gasteiger partial charge in [-0.05, 0) is 23.8 Å². The van der Waals surface area contributed by atoms with E-state index in [2.05, 4.69) is 54.5 Å². The Morgan fingerprint density at radius 2 is 1.52 bits per heavy atom. The van der Waals surface area contributed by atoms with Crippen LogP contribution in [-0.2, 0) is 0 Å². The van der Waals surface area contributed by atoms with Crippen LogP contribution < -0.4 is 0 Å². The van der Waals surface area contributed by atoms with Gasteiger partial charge in [0, 0.05) is 18.5 Å². The van der Waals surface area contributed by atoms with Crippen LogP contribution in [-0.4, -0.2) is 23.0 Å². The summed E-state index contributed by atoms with van der Waals surface area (Å²) < 4.78 is 0.